The van der Waals surface area contributed by atoms with Crippen LogP contribution in [0.5, 0.6) is 0 Å². The molecule has 2 aromatic rings. The van der Waals surface area contributed by atoms with Gasteiger partial charge in [-0.15, -0.1) is 0 Å². The zero-order valence-electron chi connectivity index (χ0n) is 14.2. The number of nitrogens with zero attached hydrogens (tertiary/aromatic N) is 4. The topological polar surface area (TPSA) is 50.7 Å². The van der Waals surface area contributed by atoms with Crippen molar-refractivity contribution < 1.29 is 9.47 Å². The van der Waals surface area contributed by atoms with Crippen LogP contribution in [-0.4, -0.2) is 48.6 Å². The van der Waals surface area contributed by atoms with Crippen LogP contribution in [0.4, 0.5) is 17.5 Å². The largest absolute Gasteiger partial charge is 0.347 e. The molecule has 25 heavy (non-hydrogen) atoms. The molecule has 1 spiro atoms. The monoisotopic (exact) mass is 338 g/mol. The van der Waals surface area contributed by atoms with Crippen molar-refractivity contribution in [3.05, 3.63) is 42.1 Å². The zero-order valence-corrected chi connectivity index (χ0v) is 14.2. The Kier molecular flexibility index (Phi) is 3.60. The molecule has 0 atom stereocenters. The van der Waals surface area contributed by atoms with Crippen LogP contribution in [-0.2, 0) is 15.9 Å². The van der Waals surface area contributed by atoms with Gasteiger partial charge in [-0.3, -0.25) is 0 Å². The lowest BCUT2D eigenvalue weighted by Gasteiger charge is -2.37. The van der Waals surface area contributed by atoms with Crippen LogP contribution in [0.25, 0.3) is 0 Å². The van der Waals surface area contributed by atoms with E-state index in [-0.39, 0.29) is 5.79 Å². The summed E-state index contributed by atoms with van der Waals surface area (Å²) in [4.78, 5) is 13.9. The van der Waals surface area contributed by atoms with E-state index in [9.17, 15) is 0 Å². The van der Waals surface area contributed by atoms with E-state index in [0.29, 0.717) is 13.2 Å². The number of rotatable bonds is 2. The van der Waals surface area contributed by atoms with E-state index >= 15 is 0 Å². The summed E-state index contributed by atoms with van der Waals surface area (Å²) in [5.74, 6) is 1.42. The van der Waals surface area contributed by atoms with Gasteiger partial charge in [-0.25, -0.2) is 4.98 Å². The first kappa shape index (κ1) is 15.1. The quantitative estimate of drug-likeness (QED) is 0.839. The van der Waals surface area contributed by atoms with Crippen molar-refractivity contribution in [2.24, 2.45) is 0 Å². The molecule has 130 valence electrons. The third-order valence-corrected chi connectivity index (χ3v) is 5.41. The standard InChI is InChI=1S/C19H22N4O2/c1-2-4-16-15(3-1)6-10-23(16)17-5-9-20-18(21-17)22-11-7-19(8-12-22)24-13-14-25-19/h1-5,9H,6-8,10-14H2. The zero-order chi connectivity index (χ0) is 16.7. The summed E-state index contributed by atoms with van der Waals surface area (Å²) < 4.78 is 11.6. The predicted molar refractivity (Wildman–Crippen MR) is 95.3 cm³/mol. The summed E-state index contributed by atoms with van der Waals surface area (Å²) in [5, 5.41) is 0. The summed E-state index contributed by atoms with van der Waals surface area (Å²) >= 11 is 0. The lowest BCUT2D eigenvalue weighted by Crippen LogP contribution is -2.45. The van der Waals surface area contributed by atoms with E-state index in [0.717, 1.165) is 50.7 Å². The van der Waals surface area contributed by atoms with Gasteiger partial charge in [0.15, 0.2) is 5.79 Å². The minimum absolute atomic E-state index is 0.359. The molecule has 3 aliphatic heterocycles. The van der Waals surface area contributed by atoms with Crippen LogP contribution in [0, 0.1) is 0 Å². The van der Waals surface area contributed by atoms with E-state index in [1.165, 1.54) is 11.3 Å². The molecule has 4 heterocycles. The van der Waals surface area contributed by atoms with Gasteiger partial charge in [-0.2, -0.15) is 4.98 Å². The minimum atomic E-state index is -0.359. The predicted octanol–water partition coefficient (Wildman–Crippen LogP) is 2.51. The fourth-order valence-electron chi connectivity index (χ4n) is 4.05. The van der Waals surface area contributed by atoms with Gasteiger partial charge in [0, 0.05) is 44.4 Å². The van der Waals surface area contributed by atoms with Gasteiger partial charge in [0.25, 0.3) is 0 Å². The normalized spacial score (nSPS) is 21.8. The second kappa shape index (κ2) is 5.97. The smallest absolute Gasteiger partial charge is 0.227 e. The van der Waals surface area contributed by atoms with Gasteiger partial charge in [-0.1, -0.05) is 18.2 Å². The Bertz CT molecular complexity index is 766. The maximum Gasteiger partial charge on any atom is 0.227 e. The molecule has 0 amide bonds. The summed E-state index contributed by atoms with van der Waals surface area (Å²) in [5.41, 5.74) is 2.65. The van der Waals surface area contributed by atoms with Crippen LogP contribution in [0.1, 0.15) is 18.4 Å². The maximum absolute atomic E-state index is 5.81. The number of para-hydroxylation sites is 1. The van der Waals surface area contributed by atoms with Crippen molar-refractivity contribution >= 4 is 17.5 Å². The SMILES string of the molecule is c1ccc2c(c1)CCN2c1ccnc(N2CCC3(CC2)OCCO3)n1. The highest BCUT2D eigenvalue weighted by molar-refractivity contribution is 5.67. The second-order valence-electron chi connectivity index (χ2n) is 6.84. The van der Waals surface area contributed by atoms with Crippen molar-refractivity contribution in [1.82, 2.24) is 9.97 Å². The van der Waals surface area contributed by atoms with Gasteiger partial charge < -0.3 is 19.3 Å². The van der Waals surface area contributed by atoms with Crippen LogP contribution >= 0.6 is 0 Å². The number of hydrogen-bond acceptors (Lipinski definition) is 6. The number of fused-ring (bicyclic) bond motifs is 1. The molecule has 1 aromatic carbocycles. The molecule has 0 N–H and O–H groups in total. The Morgan fingerprint density at radius 1 is 0.960 bits per heavy atom. The second-order valence-corrected chi connectivity index (χ2v) is 6.84. The number of ether oxygens (including phenoxy) is 2. The number of benzene rings is 1. The van der Waals surface area contributed by atoms with Crippen molar-refractivity contribution in [2.45, 2.75) is 25.0 Å². The molecule has 0 unspecified atom stereocenters. The molecular formula is C19H22N4O2. The Morgan fingerprint density at radius 2 is 1.76 bits per heavy atom. The third kappa shape index (κ3) is 2.65. The number of aromatic nitrogens is 2. The first-order chi connectivity index (χ1) is 12.3. The molecule has 1 aromatic heterocycles. The number of hydrogen-bond donors (Lipinski definition) is 0. The first-order valence-corrected chi connectivity index (χ1v) is 9.04. The molecule has 0 aliphatic carbocycles. The lowest BCUT2D eigenvalue weighted by molar-refractivity contribution is -0.169. The molecule has 0 bridgehead atoms. The molecule has 6 nitrogen and oxygen atoms in total. The summed E-state index contributed by atoms with van der Waals surface area (Å²) in [7, 11) is 0. The highest BCUT2D eigenvalue weighted by Gasteiger charge is 2.40. The molecule has 5 rings (SSSR count). The molecule has 3 aliphatic rings. The van der Waals surface area contributed by atoms with Crippen LogP contribution in [0.3, 0.4) is 0 Å². The number of anilines is 3. The van der Waals surface area contributed by atoms with Gasteiger partial charge in [0.2, 0.25) is 5.95 Å². The van der Waals surface area contributed by atoms with Crippen molar-refractivity contribution in [3.8, 4) is 0 Å². The third-order valence-electron chi connectivity index (χ3n) is 5.41. The van der Waals surface area contributed by atoms with Gasteiger partial charge in [-0.05, 0) is 24.1 Å². The first-order valence-electron chi connectivity index (χ1n) is 9.04. The van der Waals surface area contributed by atoms with E-state index in [1.807, 2.05) is 12.3 Å². The highest BCUT2D eigenvalue weighted by atomic mass is 16.7. The Balaban J connectivity index is 1.36. The average Bonchev–Trinajstić information content (AvgIpc) is 3.30. The van der Waals surface area contributed by atoms with Crippen LogP contribution < -0.4 is 9.80 Å². The van der Waals surface area contributed by atoms with Crippen molar-refractivity contribution in [1.29, 1.82) is 0 Å². The summed E-state index contributed by atoms with van der Waals surface area (Å²) in [6, 6.07) is 10.6. The van der Waals surface area contributed by atoms with E-state index in [1.54, 1.807) is 0 Å². The molecular weight excluding hydrogens is 316 g/mol. The Labute approximate surface area is 147 Å². The fourth-order valence-corrected chi connectivity index (χ4v) is 4.05. The minimum Gasteiger partial charge on any atom is -0.347 e. The van der Waals surface area contributed by atoms with Gasteiger partial charge in [0.05, 0.1) is 13.2 Å². The number of piperidine rings is 1. The fraction of sp³-hybridized carbons (Fsp3) is 0.474. The van der Waals surface area contributed by atoms with E-state index < -0.39 is 0 Å². The Hall–Kier alpha value is -2.18. The average molecular weight is 338 g/mol. The van der Waals surface area contributed by atoms with Crippen molar-refractivity contribution in [3.63, 3.8) is 0 Å². The maximum atomic E-state index is 5.81. The summed E-state index contributed by atoms with van der Waals surface area (Å²) in [6.45, 7) is 4.11. The molecule has 2 fully saturated rings. The van der Waals surface area contributed by atoms with Crippen LogP contribution in [0.15, 0.2) is 36.5 Å². The molecule has 6 heteroatoms. The molecule has 2 saturated heterocycles. The van der Waals surface area contributed by atoms with Crippen molar-refractivity contribution in [2.75, 3.05) is 42.6 Å². The lowest BCUT2D eigenvalue weighted by atomic mass is 10.0. The van der Waals surface area contributed by atoms with Gasteiger partial charge >= 0.3 is 0 Å². The van der Waals surface area contributed by atoms with E-state index in [2.05, 4.69) is 39.0 Å². The molecule has 0 saturated carbocycles. The van der Waals surface area contributed by atoms with Gasteiger partial charge in [0.1, 0.15) is 5.82 Å². The molecule has 0 radical (unpaired) electrons. The van der Waals surface area contributed by atoms with Crippen LogP contribution in [0.2, 0.25) is 0 Å². The highest BCUT2D eigenvalue weighted by Crippen LogP contribution is 2.35. The summed E-state index contributed by atoms with van der Waals surface area (Å²) in [6.07, 6.45) is 4.67. The van der Waals surface area contributed by atoms with E-state index in [4.69, 9.17) is 14.5 Å². The Morgan fingerprint density at radius 3 is 2.60 bits per heavy atom.